The largest absolute Gasteiger partial charge is 0.328 e. The van der Waals surface area contributed by atoms with Gasteiger partial charge in [0.2, 0.25) is 0 Å². The lowest BCUT2D eigenvalue weighted by atomic mass is 10.1. The minimum atomic E-state index is -3.25. The number of carbonyl (C=O) groups is 1. The number of carbonyl (C=O) groups excluding carboxylic acids is 1. The first-order valence-corrected chi connectivity index (χ1v) is 10.4. The van der Waals surface area contributed by atoms with Gasteiger partial charge in [-0.2, -0.15) is 0 Å². The van der Waals surface area contributed by atoms with Gasteiger partial charge in [0, 0.05) is 24.6 Å². The molecule has 1 heterocycles. The third-order valence-corrected chi connectivity index (χ3v) is 5.24. The maximum absolute atomic E-state index is 13.0. The van der Waals surface area contributed by atoms with Crippen molar-refractivity contribution in [2.45, 2.75) is 18.0 Å². The molecule has 0 saturated heterocycles. The Hall–Kier alpha value is -2.99. The quantitative estimate of drug-likeness (QED) is 0.658. The van der Waals surface area contributed by atoms with E-state index < -0.39 is 9.84 Å². The first-order valence-electron chi connectivity index (χ1n) is 8.47. The Labute approximate surface area is 159 Å². The smallest absolute Gasteiger partial charge is 0.254 e. The van der Waals surface area contributed by atoms with Gasteiger partial charge < -0.3 is 4.90 Å². The summed E-state index contributed by atoms with van der Waals surface area (Å²) in [6.07, 6.45) is 2.87. The van der Waals surface area contributed by atoms with Crippen LogP contribution in [0.4, 0.5) is 0 Å². The summed E-state index contributed by atoms with van der Waals surface area (Å²) in [6, 6.07) is 21.3. The molecule has 5 nitrogen and oxygen atoms in total. The highest BCUT2D eigenvalue weighted by molar-refractivity contribution is 7.90. The molecule has 0 saturated carbocycles. The van der Waals surface area contributed by atoms with E-state index in [0.29, 0.717) is 18.7 Å². The van der Waals surface area contributed by atoms with Gasteiger partial charge in [0.1, 0.15) is 0 Å². The van der Waals surface area contributed by atoms with Crippen LogP contribution in [0.3, 0.4) is 0 Å². The molecule has 6 heteroatoms. The summed E-state index contributed by atoms with van der Waals surface area (Å²) in [5.74, 6) is -0.103. The van der Waals surface area contributed by atoms with Crippen molar-refractivity contribution in [2.24, 2.45) is 0 Å². The second kappa shape index (κ2) is 8.14. The molecule has 0 fully saturated rings. The number of rotatable bonds is 6. The summed E-state index contributed by atoms with van der Waals surface area (Å²) in [6.45, 7) is 0.719. The van der Waals surface area contributed by atoms with Gasteiger partial charge in [-0.15, -0.1) is 0 Å². The van der Waals surface area contributed by atoms with E-state index in [1.54, 1.807) is 47.5 Å². The number of hydrogen-bond acceptors (Lipinski definition) is 4. The van der Waals surface area contributed by atoms with Crippen molar-refractivity contribution in [3.63, 3.8) is 0 Å². The Balaban J connectivity index is 1.86. The number of hydrogen-bond donors (Lipinski definition) is 0. The lowest BCUT2D eigenvalue weighted by Crippen LogP contribution is -2.30. The lowest BCUT2D eigenvalue weighted by Gasteiger charge is -2.23. The van der Waals surface area contributed by atoms with E-state index in [0.717, 1.165) is 11.3 Å². The van der Waals surface area contributed by atoms with E-state index in [2.05, 4.69) is 4.98 Å². The first-order chi connectivity index (χ1) is 12.9. The molecular weight excluding hydrogens is 360 g/mol. The van der Waals surface area contributed by atoms with Crippen molar-refractivity contribution >= 4 is 15.7 Å². The average molecular weight is 380 g/mol. The third kappa shape index (κ3) is 5.01. The fraction of sp³-hybridized carbons (Fsp3) is 0.143. The van der Waals surface area contributed by atoms with E-state index in [9.17, 15) is 13.2 Å². The van der Waals surface area contributed by atoms with Gasteiger partial charge in [0.25, 0.3) is 5.91 Å². The van der Waals surface area contributed by atoms with Crippen molar-refractivity contribution in [1.29, 1.82) is 0 Å². The summed E-state index contributed by atoms with van der Waals surface area (Å²) in [4.78, 5) is 19.3. The van der Waals surface area contributed by atoms with E-state index in [4.69, 9.17) is 0 Å². The van der Waals surface area contributed by atoms with Crippen LogP contribution in [0.15, 0.2) is 83.9 Å². The number of amides is 1. The van der Waals surface area contributed by atoms with Crippen molar-refractivity contribution in [1.82, 2.24) is 9.88 Å². The molecule has 0 spiro atoms. The zero-order valence-electron chi connectivity index (χ0n) is 14.9. The highest BCUT2D eigenvalue weighted by atomic mass is 32.2. The molecular formula is C21H20N2O3S. The Bertz CT molecular complexity index is 1000. The van der Waals surface area contributed by atoms with Gasteiger partial charge in [-0.1, -0.05) is 36.4 Å². The number of sulfone groups is 1. The average Bonchev–Trinajstić information content (AvgIpc) is 2.68. The summed E-state index contributed by atoms with van der Waals surface area (Å²) in [5.41, 5.74) is 2.23. The van der Waals surface area contributed by atoms with Gasteiger partial charge >= 0.3 is 0 Å². The molecule has 1 aromatic heterocycles. The van der Waals surface area contributed by atoms with Gasteiger partial charge in [0.15, 0.2) is 9.84 Å². The van der Waals surface area contributed by atoms with Crippen LogP contribution in [0.2, 0.25) is 0 Å². The van der Waals surface area contributed by atoms with Gasteiger partial charge in [0.05, 0.1) is 17.1 Å². The van der Waals surface area contributed by atoms with Gasteiger partial charge in [-0.05, 0) is 42.0 Å². The Kier molecular flexibility index (Phi) is 5.66. The van der Waals surface area contributed by atoms with Crippen molar-refractivity contribution in [3.05, 3.63) is 95.8 Å². The second-order valence-electron chi connectivity index (χ2n) is 6.26. The number of pyridine rings is 1. The van der Waals surface area contributed by atoms with Crippen LogP contribution in [0.1, 0.15) is 21.6 Å². The minimum absolute atomic E-state index is 0.103. The second-order valence-corrected chi connectivity index (χ2v) is 8.28. The molecule has 0 N–H and O–H groups in total. The van der Waals surface area contributed by atoms with Crippen molar-refractivity contribution in [3.8, 4) is 0 Å². The molecule has 2 aromatic carbocycles. The zero-order chi connectivity index (χ0) is 19.3. The molecule has 3 aromatic rings. The van der Waals surface area contributed by atoms with Crippen LogP contribution in [-0.4, -0.2) is 30.5 Å². The molecule has 0 aliphatic rings. The summed E-state index contributed by atoms with van der Waals surface area (Å²) < 4.78 is 23.3. The normalized spacial score (nSPS) is 11.1. The van der Waals surface area contributed by atoms with E-state index in [1.165, 1.54) is 6.26 Å². The van der Waals surface area contributed by atoms with Crippen molar-refractivity contribution < 1.29 is 13.2 Å². The molecule has 0 aliphatic carbocycles. The summed E-state index contributed by atoms with van der Waals surface area (Å²) >= 11 is 0. The zero-order valence-corrected chi connectivity index (χ0v) is 15.8. The predicted molar refractivity (Wildman–Crippen MR) is 104 cm³/mol. The van der Waals surface area contributed by atoms with Gasteiger partial charge in [-0.25, -0.2) is 8.42 Å². The van der Waals surface area contributed by atoms with Crippen LogP contribution in [0, 0.1) is 0 Å². The number of benzene rings is 2. The van der Waals surface area contributed by atoms with Gasteiger partial charge in [-0.3, -0.25) is 9.78 Å². The molecule has 1 amide bonds. The maximum Gasteiger partial charge on any atom is 0.254 e. The Morgan fingerprint density at radius 2 is 1.56 bits per heavy atom. The van der Waals surface area contributed by atoms with Crippen LogP contribution in [-0.2, 0) is 22.9 Å². The fourth-order valence-electron chi connectivity index (χ4n) is 2.71. The molecule has 138 valence electrons. The van der Waals surface area contributed by atoms with Crippen LogP contribution in [0.25, 0.3) is 0 Å². The Morgan fingerprint density at radius 1 is 0.889 bits per heavy atom. The topological polar surface area (TPSA) is 67.3 Å². The maximum atomic E-state index is 13.0. The summed E-state index contributed by atoms with van der Waals surface area (Å²) in [5, 5.41) is 0. The monoisotopic (exact) mass is 380 g/mol. The molecule has 27 heavy (non-hydrogen) atoms. The molecule has 3 rings (SSSR count). The molecule has 0 aliphatic heterocycles. The van der Waals surface area contributed by atoms with E-state index in [1.807, 2.05) is 36.4 Å². The fourth-order valence-corrected chi connectivity index (χ4v) is 3.34. The Morgan fingerprint density at radius 3 is 2.15 bits per heavy atom. The van der Waals surface area contributed by atoms with Crippen molar-refractivity contribution in [2.75, 3.05) is 6.26 Å². The number of nitrogens with zero attached hydrogens (tertiary/aromatic N) is 2. The molecule has 0 unspecified atom stereocenters. The first kappa shape index (κ1) is 18.8. The third-order valence-electron chi connectivity index (χ3n) is 4.11. The highest BCUT2D eigenvalue weighted by Crippen LogP contribution is 2.16. The summed E-state index contributed by atoms with van der Waals surface area (Å²) in [7, 11) is -3.25. The van der Waals surface area contributed by atoms with Crippen LogP contribution < -0.4 is 0 Å². The van der Waals surface area contributed by atoms with E-state index >= 15 is 0 Å². The predicted octanol–water partition coefficient (Wildman–Crippen LogP) is 3.33. The highest BCUT2D eigenvalue weighted by Gasteiger charge is 2.17. The molecule has 0 radical (unpaired) electrons. The van der Waals surface area contributed by atoms with E-state index in [-0.39, 0.29) is 10.8 Å². The minimum Gasteiger partial charge on any atom is -0.328 e. The molecule has 0 atom stereocenters. The SMILES string of the molecule is CS(=O)(=O)c1ccc(CN(Cc2ccccn2)C(=O)c2ccccc2)cc1. The number of aromatic nitrogens is 1. The van der Waals surface area contributed by atoms with Crippen LogP contribution in [0.5, 0.6) is 0 Å². The molecule has 0 bridgehead atoms. The lowest BCUT2D eigenvalue weighted by molar-refractivity contribution is 0.0728. The van der Waals surface area contributed by atoms with Crippen LogP contribution >= 0.6 is 0 Å². The standard InChI is InChI=1S/C21H20N2O3S/c1-27(25,26)20-12-10-17(11-13-20)15-23(16-19-9-5-6-14-22-19)21(24)18-7-3-2-4-8-18/h2-14H,15-16H2,1H3.